The fourth-order valence-corrected chi connectivity index (χ4v) is 5.04. The van der Waals surface area contributed by atoms with E-state index >= 15 is 0 Å². The molecule has 0 radical (unpaired) electrons. The number of hydrogen-bond donors (Lipinski definition) is 1. The van der Waals surface area contributed by atoms with E-state index in [-0.39, 0.29) is 17.0 Å². The lowest BCUT2D eigenvalue weighted by Gasteiger charge is -2.16. The van der Waals surface area contributed by atoms with Crippen LogP contribution in [-0.2, 0) is 7.05 Å². The summed E-state index contributed by atoms with van der Waals surface area (Å²) in [5.74, 6) is 0.0144. The number of aromatic amines is 1. The maximum absolute atomic E-state index is 13.5. The van der Waals surface area contributed by atoms with Gasteiger partial charge < -0.3 is 18.9 Å². The van der Waals surface area contributed by atoms with E-state index in [9.17, 15) is 18.0 Å². The maximum atomic E-state index is 13.5. The third kappa shape index (κ3) is 4.77. The van der Waals surface area contributed by atoms with Crippen LogP contribution < -0.4 is 9.47 Å². The lowest BCUT2D eigenvalue weighted by Crippen LogP contribution is -2.22. The van der Waals surface area contributed by atoms with Gasteiger partial charge in [-0.1, -0.05) is 12.1 Å². The number of ether oxygens (including phenoxy) is 2. The molecule has 1 N–H and O–H groups in total. The number of amides is 1. The molecule has 0 atom stereocenters. The van der Waals surface area contributed by atoms with Gasteiger partial charge in [0.15, 0.2) is 0 Å². The molecule has 0 saturated heterocycles. The molecule has 10 nitrogen and oxygen atoms in total. The first-order valence-corrected chi connectivity index (χ1v) is 12.8. The fraction of sp³-hybridized carbons (Fsp3) is 0.286. The van der Waals surface area contributed by atoms with Crippen molar-refractivity contribution >= 4 is 16.8 Å². The number of nitrogens with zero attached hydrogens (tertiary/aromatic N) is 6. The lowest BCUT2D eigenvalue weighted by molar-refractivity contribution is -0.274. The minimum atomic E-state index is -4.96. The van der Waals surface area contributed by atoms with Gasteiger partial charge in [-0.25, -0.2) is 14.8 Å². The topological polar surface area (TPSA) is 103 Å². The highest BCUT2D eigenvalue weighted by atomic mass is 19.4. The molecule has 212 valence electrons. The molecule has 6 rings (SSSR count). The molecule has 0 bridgehead atoms. The Morgan fingerprint density at radius 3 is 2.61 bits per heavy atom. The Morgan fingerprint density at radius 1 is 1.15 bits per heavy atom. The Kier molecular flexibility index (Phi) is 6.24. The molecule has 1 aliphatic rings. The second-order valence-electron chi connectivity index (χ2n) is 10.1. The third-order valence-corrected chi connectivity index (χ3v) is 7.05. The smallest absolute Gasteiger partial charge is 0.480 e. The molecule has 41 heavy (non-hydrogen) atoms. The summed E-state index contributed by atoms with van der Waals surface area (Å²) in [6, 6.07) is 9.70. The van der Waals surface area contributed by atoms with Crippen molar-refractivity contribution in [2.24, 2.45) is 7.05 Å². The molecule has 5 aromatic rings. The van der Waals surface area contributed by atoms with Crippen LogP contribution in [0.4, 0.5) is 13.2 Å². The van der Waals surface area contributed by atoms with Crippen molar-refractivity contribution in [2.45, 2.75) is 25.1 Å². The number of hydrogen-bond acceptors (Lipinski definition) is 6. The highest BCUT2D eigenvalue weighted by molar-refractivity contribution is 5.96. The number of nitrogens with one attached hydrogen (secondary N) is 1. The van der Waals surface area contributed by atoms with Gasteiger partial charge in [-0.15, -0.1) is 13.2 Å². The minimum Gasteiger partial charge on any atom is -0.480 e. The zero-order valence-corrected chi connectivity index (χ0v) is 22.7. The highest BCUT2D eigenvalue weighted by Crippen LogP contribution is 2.47. The van der Waals surface area contributed by atoms with E-state index in [1.165, 1.54) is 38.2 Å². The molecule has 1 aliphatic carbocycles. The molecular formula is C28H26F3N7O3. The summed E-state index contributed by atoms with van der Waals surface area (Å²) in [6.07, 6.45) is 0.371. The van der Waals surface area contributed by atoms with E-state index in [2.05, 4.69) is 20.0 Å². The van der Waals surface area contributed by atoms with Gasteiger partial charge in [-0.05, 0) is 37.1 Å². The summed E-state index contributed by atoms with van der Waals surface area (Å²) in [5.41, 5.74) is 3.87. The van der Waals surface area contributed by atoms with E-state index in [1.807, 2.05) is 29.0 Å². The van der Waals surface area contributed by atoms with Crippen LogP contribution in [0.1, 0.15) is 34.8 Å². The van der Waals surface area contributed by atoms with Crippen molar-refractivity contribution in [3.8, 4) is 40.0 Å². The Labute approximate surface area is 232 Å². The van der Waals surface area contributed by atoms with Crippen molar-refractivity contribution in [2.75, 3.05) is 21.2 Å². The van der Waals surface area contributed by atoms with E-state index in [0.717, 1.165) is 35.6 Å². The molecule has 1 saturated carbocycles. The van der Waals surface area contributed by atoms with Crippen LogP contribution in [0, 0.1) is 0 Å². The number of alkyl halides is 3. The summed E-state index contributed by atoms with van der Waals surface area (Å²) >= 11 is 0. The zero-order chi connectivity index (χ0) is 29.1. The quantitative estimate of drug-likeness (QED) is 0.287. The van der Waals surface area contributed by atoms with Gasteiger partial charge in [0.2, 0.25) is 5.88 Å². The predicted octanol–water partition coefficient (Wildman–Crippen LogP) is 5.30. The van der Waals surface area contributed by atoms with Crippen LogP contribution in [0.15, 0.2) is 48.8 Å². The monoisotopic (exact) mass is 565 g/mol. The predicted molar refractivity (Wildman–Crippen MR) is 144 cm³/mol. The van der Waals surface area contributed by atoms with Crippen molar-refractivity contribution in [1.82, 2.24) is 34.4 Å². The SMILES string of the molecule is COc1[nH]ncc1-n1cc2c(-c3nc(-c4ccc(C(=O)N(C)C)cc4OC(F)(F)F)n(C)c3C3CC3)cccc2n1. The zero-order valence-electron chi connectivity index (χ0n) is 22.7. The number of carbonyl (C=O) groups excluding carboxylic acids is 1. The van der Waals surface area contributed by atoms with Crippen molar-refractivity contribution in [1.29, 1.82) is 0 Å². The number of halogens is 3. The molecule has 2 aromatic carbocycles. The Balaban J connectivity index is 1.52. The van der Waals surface area contributed by atoms with E-state index in [0.29, 0.717) is 28.6 Å². The van der Waals surface area contributed by atoms with Crippen LogP contribution in [0.5, 0.6) is 11.6 Å². The molecule has 0 unspecified atom stereocenters. The number of aromatic nitrogens is 6. The lowest BCUT2D eigenvalue weighted by atomic mass is 10.0. The molecule has 1 fully saturated rings. The normalized spacial score (nSPS) is 13.5. The van der Waals surface area contributed by atoms with Crippen molar-refractivity contribution in [3.05, 3.63) is 60.0 Å². The summed E-state index contributed by atoms with van der Waals surface area (Å²) < 4.78 is 53.7. The molecule has 0 aliphatic heterocycles. The van der Waals surface area contributed by atoms with Crippen LogP contribution >= 0.6 is 0 Å². The molecule has 1 amide bonds. The largest absolute Gasteiger partial charge is 0.573 e. The molecule has 3 heterocycles. The van der Waals surface area contributed by atoms with Crippen molar-refractivity contribution < 1.29 is 27.4 Å². The highest BCUT2D eigenvalue weighted by Gasteiger charge is 2.36. The van der Waals surface area contributed by atoms with E-state index in [1.54, 1.807) is 17.9 Å². The number of rotatable bonds is 7. The summed E-state index contributed by atoms with van der Waals surface area (Å²) in [4.78, 5) is 18.7. The number of fused-ring (bicyclic) bond motifs is 1. The Hall–Kier alpha value is -4.81. The average molecular weight is 566 g/mol. The van der Waals surface area contributed by atoms with Gasteiger partial charge in [-0.2, -0.15) is 10.2 Å². The Bertz CT molecular complexity index is 1780. The van der Waals surface area contributed by atoms with E-state index < -0.39 is 18.0 Å². The number of imidazole rings is 1. The van der Waals surface area contributed by atoms with Gasteiger partial charge in [0.1, 0.15) is 17.3 Å². The molecule has 3 aromatic heterocycles. The van der Waals surface area contributed by atoms with Crippen LogP contribution in [0.25, 0.3) is 39.2 Å². The van der Waals surface area contributed by atoms with Crippen molar-refractivity contribution in [3.63, 3.8) is 0 Å². The first-order chi connectivity index (χ1) is 19.6. The maximum Gasteiger partial charge on any atom is 0.573 e. The van der Waals surface area contributed by atoms with Gasteiger partial charge in [0, 0.05) is 55.5 Å². The fourth-order valence-electron chi connectivity index (χ4n) is 5.04. The van der Waals surface area contributed by atoms with Gasteiger partial charge >= 0.3 is 6.36 Å². The van der Waals surface area contributed by atoms with Gasteiger partial charge in [0.25, 0.3) is 5.91 Å². The number of carbonyl (C=O) groups is 1. The first-order valence-electron chi connectivity index (χ1n) is 12.8. The van der Waals surface area contributed by atoms with Crippen LogP contribution in [0.2, 0.25) is 0 Å². The van der Waals surface area contributed by atoms with Crippen LogP contribution in [-0.4, -0.2) is 67.9 Å². The number of H-pyrrole nitrogens is 1. The number of benzene rings is 2. The average Bonchev–Trinajstić information content (AvgIpc) is 3.33. The first kappa shape index (κ1) is 26.4. The number of methoxy groups -OCH3 is 1. The second kappa shape index (κ2) is 9.68. The van der Waals surface area contributed by atoms with Gasteiger partial charge in [-0.3, -0.25) is 4.79 Å². The molecule has 13 heteroatoms. The molecule has 0 spiro atoms. The minimum absolute atomic E-state index is 0.0710. The third-order valence-electron chi connectivity index (χ3n) is 7.05. The summed E-state index contributed by atoms with van der Waals surface area (Å²) in [5, 5.41) is 12.3. The standard InChI is InChI=1S/C28H26F3N7O3/c1-36(2)27(39)16-10-11-18(22(12-16)41-28(29,30)31)25-33-23(24(37(25)3)15-8-9-15)17-6-5-7-20-19(17)14-38(35-20)21-13-32-34-26(21)40-4/h5-7,10-15H,8-9H2,1-4H3,(H,32,34). The van der Waals surface area contributed by atoms with Gasteiger partial charge in [0.05, 0.1) is 30.1 Å². The summed E-state index contributed by atoms with van der Waals surface area (Å²) in [6.45, 7) is 0. The van der Waals surface area contributed by atoms with E-state index in [4.69, 9.17) is 9.72 Å². The van der Waals surface area contributed by atoms with Crippen LogP contribution in [0.3, 0.4) is 0 Å². The second-order valence-corrected chi connectivity index (χ2v) is 10.1. The Morgan fingerprint density at radius 2 is 1.93 bits per heavy atom. The molecular weight excluding hydrogens is 539 g/mol. The summed E-state index contributed by atoms with van der Waals surface area (Å²) in [7, 11) is 6.37.